The van der Waals surface area contributed by atoms with Crippen LogP contribution in [0.15, 0.2) is 12.1 Å². The highest BCUT2D eigenvalue weighted by atomic mass is 19.1. The average Bonchev–Trinajstić information content (AvgIpc) is 2.70. The Labute approximate surface area is 116 Å². The van der Waals surface area contributed by atoms with Crippen molar-refractivity contribution in [3.8, 4) is 0 Å². The van der Waals surface area contributed by atoms with Crippen LogP contribution < -0.4 is 10.2 Å². The molecule has 0 saturated heterocycles. The zero-order valence-electron chi connectivity index (χ0n) is 11.5. The van der Waals surface area contributed by atoms with Crippen LogP contribution in [0.3, 0.4) is 0 Å². The normalized spacial score (nSPS) is 13.3. The summed E-state index contributed by atoms with van der Waals surface area (Å²) in [6.45, 7) is 6.04. The molecule has 1 amide bonds. The van der Waals surface area contributed by atoms with E-state index >= 15 is 0 Å². The van der Waals surface area contributed by atoms with Crippen LogP contribution in [0, 0.1) is 5.82 Å². The van der Waals surface area contributed by atoms with E-state index in [1.54, 1.807) is 4.90 Å². The number of carbonyl (C=O) groups is 2. The van der Waals surface area contributed by atoms with Gasteiger partial charge in [-0.2, -0.15) is 0 Å². The number of rotatable bonds is 6. The van der Waals surface area contributed by atoms with Gasteiger partial charge in [0.1, 0.15) is 5.82 Å². The van der Waals surface area contributed by atoms with Gasteiger partial charge in [0.25, 0.3) is 11.7 Å². The number of amides is 1. The van der Waals surface area contributed by atoms with Crippen LogP contribution in [-0.4, -0.2) is 38.0 Å². The molecule has 5 nitrogen and oxygen atoms in total. The summed E-state index contributed by atoms with van der Waals surface area (Å²) in [6, 6.07) is 2.62. The van der Waals surface area contributed by atoms with Gasteiger partial charge in [0.15, 0.2) is 0 Å². The van der Waals surface area contributed by atoms with Crippen molar-refractivity contribution in [1.82, 2.24) is 0 Å². The standard InChI is InChI=1S/C14H17FN2O3/c1-3-17(5-6-20-4-2)12-8-11-9(7-10(12)15)13(18)14(19)16-11/h7-8H,3-6H2,1-2H3,(H,16,18,19). The topological polar surface area (TPSA) is 58.6 Å². The predicted molar refractivity (Wildman–Crippen MR) is 73.7 cm³/mol. The van der Waals surface area contributed by atoms with Gasteiger partial charge in [0.05, 0.1) is 23.5 Å². The first-order valence-electron chi connectivity index (χ1n) is 6.60. The summed E-state index contributed by atoms with van der Waals surface area (Å²) in [6.07, 6.45) is 0. The lowest BCUT2D eigenvalue weighted by molar-refractivity contribution is -0.112. The fraction of sp³-hybridized carbons (Fsp3) is 0.429. The molecular formula is C14H17FN2O3. The Morgan fingerprint density at radius 2 is 2.05 bits per heavy atom. The number of nitrogens with zero attached hydrogens (tertiary/aromatic N) is 1. The molecule has 0 fully saturated rings. The molecule has 0 aromatic heterocycles. The van der Waals surface area contributed by atoms with Gasteiger partial charge in [-0.15, -0.1) is 0 Å². The minimum absolute atomic E-state index is 0.0945. The molecule has 2 rings (SSSR count). The third kappa shape index (κ3) is 2.65. The molecule has 1 aliphatic heterocycles. The SMILES string of the molecule is CCOCCN(CC)c1cc2c(cc1F)C(=O)C(=O)N2. The minimum atomic E-state index is -0.714. The number of carbonyl (C=O) groups excluding carboxylic acids is 2. The molecule has 20 heavy (non-hydrogen) atoms. The molecule has 0 radical (unpaired) electrons. The average molecular weight is 280 g/mol. The number of benzene rings is 1. The molecule has 0 atom stereocenters. The van der Waals surface area contributed by atoms with E-state index in [1.165, 1.54) is 6.07 Å². The van der Waals surface area contributed by atoms with E-state index in [-0.39, 0.29) is 5.56 Å². The number of nitrogens with one attached hydrogen (secondary N) is 1. The number of ether oxygens (including phenoxy) is 1. The van der Waals surface area contributed by atoms with Crippen molar-refractivity contribution in [3.05, 3.63) is 23.5 Å². The summed E-state index contributed by atoms with van der Waals surface area (Å²) in [5, 5.41) is 2.45. The summed E-state index contributed by atoms with van der Waals surface area (Å²) in [5.41, 5.74) is 0.823. The molecule has 108 valence electrons. The first-order valence-corrected chi connectivity index (χ1v) is 6.60. The second-order valence-electron chi connectivity index (χ2n) is 4.41. The minimum Gasteiger partial charge on any atom is -0.380 e. The first-order chi connectivity index (χ1) is 9.58. The van der Waals surface area contributed by atoms with Crippen LogP contribution in [0.4, 0.5) is 15.8 Å². The van der Waals surface area contributed by atoms with Gasteiger partial charge in [0.2, 0.25) is 0 Å². The summed E-state index contributed by atoms with van der Waals surface area (Å²) in [5.74, 6) is -1.91. The van der Waals surface area contributed by atoms with E-state index in [9.17, 15) is 14.0 Å². The molecular weight excluding hydrogens is 263 g/mol. The number of anilines is 2. The summed E-state index contributed by atoms with van der Waals surface area (Å²) in [7, 11) is 0. The Kier molecular flexibility index (Phi) is 4.34. The van der Waals surface area contributed by atoms with E-state index in [2.05, 4.69) is 5.32 Å². The van der Waals surface area contributed by atoms with Crippen LogP contribution in [0.25, 0.3) is 0 Å². The van der Waals surface area contributed by atoms with Crippen molar-refractivity contribution in [2.45, 2.75) is 13.8 Å². The molecule has 1 aromatic carbocycles. The smallest absolute Gasteiger partial charge is 0.296 e. The monoisotopic (exact) mass is 280 g/mol. The van der Waals surface area contributed by atoms with E-state index in [4.69, 9.17) is 4.74 Å². The molecule has 1 N–H and O–H groups in total. The molecule has 0 spiro atoms. The van der Waals surface area contributed by atoms with Gasteiger partial charge in [-0.3, -0.25) is 9.59 Å². The predicted octanol–water partition coefficient (Wildman–Crippen LogP) is 1.82. The van der Waals surface area contributed by atoms with E-state index in [1.807, 2.05) is 13.8 Å². The number of ketones is 1. The third-order valence-corrected chi connectivity index (χ3v) is 3.22. The Morgan fingerprint density at radius 1 is 1.30 bits per heavy atom. The van der Waals surface area contributed by atoms with Crippen molar-refractivity contribution in [2.75, 3.05) is 36.5 Å². The fourth-order valence-electron chi connectivity index (χ4n) is 2.16. The summed E-state index contributed by atoms with van der Waals surface area (Å²) >= 11 is 0. The Hall–Kier alpha value is -1.95. The van der Waals surface area contributed by atoms with Crippen molar-refractivity contribution < 1.29 is 18.7 Å². The highest BCUT2D eigenvalue weighted by Gasteiger charge is 2.30. The van der Waals surface area contributed by atoms with Gasteiger partial charge in [-0.05, 0) is 26.0 Å². The molecule has 1 aliphatic rings. The summed E-state index contributed by atoms with van der Waals surface area (Å²) in [4.78, 5) is 24.6. The van der Waals surface area contributed by atoms with Crippen molar-refractivity contribution in [3.63, 3.8) is 0 Å². The number of halogens is 1. The van der Waals surface area contributed by atoms with Crippen LogP contribution in [0.2, 0.25) is 0 Å². The largest absolute Gasteiger partial charge is 0.380 e. The molecule has 6 heteroatoms. The third-order valence-electron chi connectivity index (χ3n) is 3.22. The van der Waals surface area contributed by atoms with Crippen molar-refractivity contribution >= 4 is 23.1 Å². The zero-order valence-corrected chi connectivity index (χ0v) is 11.5. The number of fused-ring (bicyclic) bond motifs is 1. The van der Waals surface area contributed by atoms with Crippen LogP contribution >= 0.6 is 0 Å². The van der Waals surface area contributed by atoms with Crippen molar-refractivity contribution in [1.29, 1.82) is 0 Å². The van der Waals surface area contributed by atoms with Gasteiger partial charge in [-0.1, -0.05) is 0 Å². The quantitative estimate of drug-likeness (QED) is 0.638. The van der Waals surface area contributed by atoms with Gasteiger partial charge in [-0.25, -0.2) is 4.39 Å². The van der Waals surface area contributed by atoms with E-state index < -0.39 is 17.5 Å². The van der Waals surface area contributed by atoms with Crippen LogP contribution in [0.5, 0.6) is 0 Å². The van der Waals surface area contributed by atoms with Gasteiger partial charge >= 0.3 is 0 Å². The van der Waals surface area contributed by atoms with Crippen molar-refractivity contribution in [2.24, 2.45) is 0 Å². The second kappa shape index (κ2) is 6.00. The number of Topliss-reactive ketones (excluding diaryl/α,β-unsaturated/α-hetero) is 1. The lowest BCUT2D eigenvalue weighted by Crippen LogP contribution is -2.28. The maximum atomic E-state index is 14.1. The number of hydrogen-bond acceptors (Lipinski definition) is 4. The molecule has 1 heterocycles. The van der Waals surface area contributed by atoms with Gasteiger partial charge in [0, 0.05) is 19.7 Å². The lowest BCUT2D eigenvalue weighted by atomic mass is 10.1. The van der Waals surface area contributed by atoms with Crippen LogP contribution in [0.1, 0.15) is 24.2 Å². The number of hydrogen-bond donors (Lipinski definition) is 1. The Bertz CT molecular complexity index is 545. The Morgan fingerprint density at radius 3 is 2.70 bits per heavy atom. The van der Waals surface area contributed by atoms with Gasteiger partial charge < -0.3 is 15.0 Å². The maximum Gasteiger partial charge on any atom is 0.296 e. The second-order valence-corrected chi connectivity index (χ2v) is 4.41. The zero-order chi connectivity index (χ0) is 14.7. The first kappa shape index (κ1) is 14.5. The van der Waals surface area contributed by atoms with Crippen LogP contribution in [-0.2, 0) is 9.53 Å². The number of likely N-dealkylation sites (N-methyl/N-ethyl adjacent to an activating group) is 1. The Balaban J connectivity index is 2.26. The van der Waals surface area contributed by atoms with E-state index in [0.717, 1.165) is 6.07 Å². The highest BCUT2D eigenvalue weighted by Crippen LogP contribution is 2.31. The maximum absolute atomic E-state index is 14.1. The summed E-state index contributed by atoms with van der Waals surface area (Å²) < 4.78 is 19.4. The lowest BCUT2D eigenvalue weighted by Gasteiger charge is -2.24. The molecule has 1 aromatic rings. The molecule has 0 bridgehead atoms. The van der Waals surface area contributed by atoms with E-state index in [0.29, 0.717) is 37.7 Å². The molecule has 0 aliphatic carbocycles. The molecule has 0 saturated carbocycles. The fourth-order valence-corrected chi connectivity index (χ4v) is 2.16. The molecule has 0 unspecified atom stereocenters. The highest BCUT2D eigenvalue weighted by molar-refractivity contribution is 6.51.